The van der Waals surface area contributed by atoms with E-state index in [1.165, 1.54) is 25.0 Å². The van der Waals surface area contributed by atoms with E-state index >= 15 is 0 Å². The zero-order chi connectivity index (χ0) is 43.5. The molecule has 0 saturated carbocycles. The first-order chi connectivity index (χ1) is 29.0. The van der Waals surface area contributed by atoms with E-state index in [-0.39, 0.29) is 60.7 Å². The molecule has 5 amide bonds. The number of nitrogens with one attached hydrogen (secondary N) is 8. The van der Waals surface area contributed by atoms with Crippen molar-refractivity contribution in [2.75, 3.05) is 40.1 Å². The SMILES string of the molecule is CC(C)(C)OC(=O)Nc1c[nH]c2c(C(=O)NCc3ccc4c(c3)NC(=O)CO4)ncnc12.CS(=O)(=O)Nc1c[nH]c2c(C(=O)NCc3ccc4c(c3)NC(=O)CO4)ncnc12. The first-order valence-corrected chi connectivity index (χ1v) is 20.2. The van der Waals surface area contributed by atoms with Gasteiger partial charge in [-0.3, -0.25) is 29.2 Å². The summed E-state index contributed by atoms with van der Waals surface area (Å²) in [6, 6.07) is 10.5. The number of hydrogen-bond acceptors (Lipinski definition) is 14. The Balaban J connectivity index is 0.000000185. The van der Waals surface area contributed by atoms with Gasteiger partial charge in [-0.1, -0.05) is 12.1 Å². The van der Waals surface area contributed by atoms with Crippen LogP contribution < -0.4 is 40.8 Å². The molecule has 4 aromatic heterocycles. The number of benzene rings is 2. The Morgan fingerprint density at radius 3 is 1.69 bits per heavy atom. The van der Waals surface area contributed by atoms with Crippen molar-refractivity contribution >= 4 is 84.6 Å². The van der Waals surface area contributed by atoms with Crippen LogP contribution in [0, 0.1) is 0 Å². The van der Waals surface area contributed by atoms with Gasteiger partial charge in [-0.05, 0) is 56.2 Å². The predicted octanol–water partition coefficient (Wildman–Crippen LogP) is 3.16. The second-order valence-corrected chi connectivity index (χ2v) is 16.2. The van der Waals surface area contributed by atoms with Crippen molar-refractivity contribution in [2.24, 2.45) is 0 Å². The number of amides is 5. The summed E-state index contributed by atoms with van der Waals surface area (Å²) < 4.78 is 41.1. The summed E-state index contributed by atoms with van der Waals surface area (Å²) in [7, 11) is -3.50. The molecule has 23 heteroatoms. The average Bonchev–Trinajstić information content (AvgIpc) is 3.81. The maximum atomic E-state index is 12.8. The fraction of sp³-hybridized carbons (Fsp3) is 0.237. The van der Waals surface area contributed by atoms with Crippen molar-refractivity contribution in [2.45, 2.75) is 39.5 Å². The van der Waals surface area contributed by atoms with Gasteiger partial charge in [0.2, 0.25) is 10.0 Å². The topological polar surface area (TPSA) is 302 Å². The Kier molecular flexibility index (Phi) is 11.4. The number of ether oxygens (including phenoxy) is 3. The molecule has 316 valence electrons. The summed E-state index contributed by atoms with van der Waals surface area (Å²) in [6.45, 7) is 5.62. The number of H-pyrrole nitrogens is 2. The van der Waals surface area contributed by atoms with Crippen LogP contribution in [-0.2, 0) is 37.4 Å². The quantitative estimate of drug-likeness (QED) is 0.104. The molecule has 2 aliphatic heterocycles. The van der Waals surface area contributed by atoms with Gasteiger partial charge in [0.25, 0.3) is 23.6 Å². The molecule has 22 nitrogen and oxygen atoms in total. The standard InChI is InChI=1S/C21H22N6O5.C17H16N6O5S/c1-21(2,3)32-20(30)27-13-8-22-17-16(13)24-10-25-18(17)19(29)23-7-11-4-5-14-12(6-11)26-15(28)9-31-14;1-29(26,27)23-11-6-18-15-14(11)20-8-21-16(15)17(25)19-5-9-2-3-12-10(4-9)22-13(24)7-28-12/h4-6,8,10,22H,7,9H2,1-3H3,(H,23,29)(H,26,28)(H,27,30);2-4,6,8,18,23H,5,7H2,1H3,(H,19,25)(H,22,24). The molecule has 0 radical (unpaired) electrons. The van der Waals surface area contributed by atoms with Crippen LogP contribution in [0.25, 0.3) is 22.1 Å². The summed E-state index contributed by atoms with van der Waals surface area (Å²) in [5.74, 6) is -0.232. The first-order valence-electron chi connectivity index (χ1n) is 18.3. The van der Waals surface area contributed by atoms with Crippen molar-refractivity contribution in [3.8, 4) is 11.5 Å². The third-order valence-corrected chi connectivity index (χ3v) is 9.14. The molecule has 0 fully saturated rings. The summed E-state index contributed by atoms with van der Waals surface area (Å²) >= 11 is 0. The van der Waals surface area contributed by atoms with Crippen LogP contribution in [0.15, 0.2) is 61.4 Å². The number of anilines is 4. The lowest BCUT2D eigenvalue weighted by atomic mass is 10.1. The molecule has 0 atom stereocenters. The molecule has 2 aliphatic rings. The van der Waals surface area contributed by atoms with E-state index in [9.17, 15) is 32.4 Å². The molecule has 8 N–H and O–H groups in total. The van der Waals surface area contributed by atoms with Crippen LogP contribution in [0.1, 0.15) is 52.9 Å². The highest BCUT2D eigenvalue weighted by molar-refractivity contribution is 7.92. The molecular formula is C38H38N12O10S. The lowest BCUT2D eigenvalue weighted by molar-refractivity contribution is -0.119. The minimum atomic E-state index is -3.50. The molecule has 8 rings (SSSR count). The lowest BCUT2D eigenvalue weighted by Crippen LogP contribution is -2.27. The van der Waals surface area contributed by atoms with Crippen LogP contribution >= 0.6 is 0 Å². The molecule has 0 bridgehead atoms. The van der Waals surface area contributed by atoms with Gasteiger partial charge in [0, 0.05) is 25.5 Å². The van der Waals surface area contributed by atoms with Gasteiger partial charge in [0.1, 0.15) is 40.8 Å². The number of hydrogen-bond donors (Lipinski definition) is 8. The van der Waals surface area contributed by atoms with Gasteiger partial charge in [-0.25, -0.2) is 33.1 Å². The number of nitrogens with zero attached hydrogens (tertiary/aromatic N) is 4. The Morgan fingerprint density at radius 2 is 1.21 bits per heavy atom. The van der Waals surface area contributed by atoms with Crippen molar-refractivity contribution in [1.29, 1.82) is 0 Å². The number of aromatic amines is 2. The minimum absolute atomic E-state index is 0.0201. The normalized spacial score (nSPS) is 13.2. The molecular weight excluding hydrogens is 817 g/mol. The molecule has 0 saturated heterocycles. The van der Waals surface area contributed by atoms with Gasteiger partial charge < -0.3 is 45.4 Å². The second kappa shape index (κ2) is 16.8. The Bertz CT molecular complexity index is 2830. The van der Waals surface area contributed by atoms with Gasteiger partial charge in [0.05, 0.1) is 40.0 Å². The molecule has 0 aliphatic carbocycles. The zero-order valence-electron chi connectivity index (χ0n) is 32.9. The maximum Gasteiger partial charge on any atom is 0.412 e. The highest BCUT2D eigenvalue weighted by atomic mass is 32.2. The number of carbonyl (C=O) groups excluding carboxylic acids is 5. The predicted molar refractivity (Wildman–Crippen MR) is 220 cm³/mol. The van der Waals surface area contributed by atoms with Crippen LogP contribution in [0.3, 0.4) is 0 Å². The van der Waals surface area contributed by atoms with Crippen molar-refractivity contribution < 1.29 is 46.6 Å². The molecule has 2 aromatic carbocycles. The van der Waals surface area contributed by atoms with E-state index in [0.717, 1.165) is 17.4 Å². The Labute approximate surface area is 346 Å². The Morgan fingerprint density at radius 1 is 0.738 bits per heavy atom. The van der Waals surface area contributed by atoms with E-state index in [4.69, 9.17) is 14.2 Å². The highest BCUT2D eigenvalue weighted by Crippen LogP contribution is 2.30. The van der Waals surface area contributed by atoms with Gasteiger partial charge in [0.15, 0.2) is 24.6 Å². The maximum absolute atomic E-state index is 12.8. The zero-order valence-corrected chi connectivity index (χ0v) is 33.7. The first kappa shape index (κ1) is 41.3. The van der Waals surface area contributed by atoms with Gasteiger partial charge in [-0.15, -0.1) is 0 Å². The van der Waals surface area contributed by atoms with E-state index in [1.807, 2.05) is 0 Å². The van der Waals surface area contributed by atoms with Crippen molar-refractivity contribution in [3.63, 3.8) is 0 Å². The number of aromatic nitrogens is 6. The number of rotatable bonds is 9. The summed E-state index contributed by atoms with van der Waals surface area (Å²) in [5, 5.41) is 13.6. The number of sulfonamides is 1. The van der Waals surface area contributed by atoms with E-state index < -0.39 is 33.5 Å². The van der Waals surface area contributed by atoms with Crippen LogP contribution in [0.4, 0.5) is 27.5 Å². The highest BCUT2D eigenvalue weighted by Gasteiger charge is 2.22. The average molecular weight is 855 g/mol. The van der Waals surface area contributed by atoms with Crippen LogP contribution in [-0.4, -0.2) is 93.1 Å². The fourth-order valence-corrected chi connectivity index (χ4v) is 6.58. The van der Waals surface area contributed by atoms with Gasteiger partial charge in [-0.2, -0.15) is 0 Å². The number of carbonyl (C=O) groups is 5. The Hall–Kier alpha value is -7.82. The third kappa shape index (κ3) is 10.1. The molecule has 6 heterocycles. The van der Waals surface area contributed by atoms with E-state index in [0.29, 0.717) is 45.1 Å². The van der Waals surface area contributed by atoms with Crippen molar-refractivity contribution in [3.05, 3.63) is 84.0 Å². The molecule has 0 unspecified atom stereocenters. The monoisotopic (exact) mass is 854 g/mol. The fourth-order valence-electron chi connectivity index (χ4n) is 6.02. The van der Waals surface area contributed by atoms with E-state index in [1.54, 1.807) is 57.2 Å². The molecule has 0 spiro atoms. The third-order valence-electron chi connectivity index (χ3n) is 8.55. The lowest BCUT2D eigenvalue weighted by Gasteiger charge is -2.19. The van der Waals surface area contributed by atoms with Crippen LogP contribution in [0.2, 0.25) is 0 Å². The molecule has 6 aromatic rings. The summed E-state index contributed by atoms with van der Waals surface area (Å²) in [5.41, 5.74) is 4.11. The largest absolute Gasteiger partial charge is 0.482 e. The van der Waals surface area contributed by atoms with Crippen molar-refractivity contribution in [1.82, 2.24) is 40.5 Å². The summed E-state index contributed by atoms with van der Waals surface area (Å²) in [6.07, 6.45) is 5.75. The van der Waals surface area contributed by atoms with Gasteiger partial charge >= 0.3 is 6.09 Å². The minimum Gasteiger partial charge on any atom is -0.482 e. The molecule has 61 heavy (non-hydrogen) atoms. The van der Waals surface area contributed by atoms with E-state index in [2.05, 4.69) is 61.2 Å². The van der Waals surface area contributed by atoms with Crippen LogP contribution in [0.5, 0.6) is 11.5 Å². The number of fused-ring (bicyclic) bond motifs is 4. The summed E-state index contributed by atoms with van der Waals surface area (Å²) in [4.78, 5) is 82.4. The smallest absolute Gasteiger partial charge is 0.412 e. The second-order valence-electron chi connectivity index (χ2n) is 14.5.